The van der Waals surface area contributed by atoms with Crippen molar-refractivity contribution in [2.45, 2.75) is 26.1 Å². The monoisotopic (exact) mass is 356 g/mol. The third kappa shape index (κ3) is 3.72. The van der Waals surface area contributed by atoms with Gasteiger partial charge in [-0.3, -0.25) is 9.59 Å². The van der Waals surface area contributed by atoms with Crippen molar-refractivity contribution in [3.05, 3.63) is 34.6 Å². The van der Waals surface area contributed by atoms with Crippen LogP contribution in [0, 0.1) is 5.92 Å². The minimum Gasteiger partial charge on any atom is -0.342 e. The van der Waals surface area contributed by atoms with Crippen LogP contribution in [-0.4, -0.2) is 38.6 Å². The molecule has 7 nitrogen and oxygen atoms in total. The number of pyridine rings is 1. The molecule has 1 amide bonds. The number of aryl methyl sites for hydroxylation is 1. The van der Waals surface area contributed by atoms with E-state index in [1.54, 1.807) is 4.90 Å². The first-order valence-corrected chi connectivity index (χ1v) is 7.63. The number of hydrogen-bond acceptors (Lipinski definition) is 5. The van der Waals surface area contributed by atoms with Crippen molar-refractivity contribution in [2.24, 2.45) is 5.92 Å². The molecule has 0 spiro atoms. The van der Waals surface area contributed by atoms with Gasteiger partial charge in [0.25, 0.3) is 5.56 Å². The molecule has 2 aromatic heterocycles. The van der Waals surface area contributed by atoms with E-state index in [-0.39, 0.29) is 30.3 Å². The van der Waals surface area contributed by atoms with E-state index in [1.807, 2.05) is 0 Å². The van der Waals surface area contributed by atoms with E-state index in [4.69, 9.17) is 0 Å². The molecular formula is C15H15F3N4O3. The molecule has 0 aromatic carbocycles. The predicted molar refractivity (Wildman–Crippen MR) is 79.4 cm³/mol. The summed E-state index contributed by atoms with van der Waals surface area (Å²) >= 11 is 0. The van der Waals surface area contributed by atoms with Gasteiger partial charge in [0.15, 0.2) is 0 Å². The summed E-state index contributed by atoms with van der Waals surface area (Å²) in [6.07, 6.45) is -3.16. The molecule has 0 unspecified atom stereocenters. The number of carbonyl (C=O) groups is 1. The Balaban J connectivity index is 1.67. The van der Waals surface area contributed by atoms with Crippen molar-refractivity contribution in [1.29, 1.82) is 0 Å². The van der Waals surface area contributed by atoms with Gasteiger partial charge in [-0.1, -0.05) is 12.1 Å². The Labute approximate surface area is 140 Å². The first-order chi connectivity index (χ1) is 11.7. The minimum atomic E-state index is -4.74. The zero-order valence-corrected chi connectivity index (χ0v) is 13.3. The SMILES string of the molecule is CC1CN(C(=O)CCn2ccc(-c3noc(C(F)(F)F)n3)cc2=O)C1. The summed E-state index contributed by atoms with van der Waals surface area (Å²) in [7, 11) is 0. The Hall–Kier alpha value is -2.65. The van der Waals surface area contributed by atoms with Crippen molar-refractivity contribution >= 4 is 5.91 Å². The highest BCUT2D eigenvalue weighted by Gasteiger charge is 2.38. The largest absolute Gasteiger partial charge is 0.471 e. The zero-order valence-electron chi connectivity index (χ0n) is 13.3. The number of hydrogen-bond donors (Lipinski definition) is 0. The van der Waals surface area contributed by atoms with Crippen LogP contribution in [0.2, 0.25) is 0 Å². The van der Waals surface area contributed by atoms with E-state index < -0.39 is 17.6 Å². The molecule has 0 saturated carbocycles. The highest BCUT2D eigenvalue weighted by atomic mass is 19.4. The number of nitrogens with zero attached hydrogens (tertiary/aromatic N) is 4. The van der Waals surface area contributed by atoms with Gasteiger partial charge in [0, 0.05) is 43.9 Å². The molecule has 0 radical (unpaired) electrons. The molecule has 10 heteroatoms. The molecule has 0 atom stereocenters. The highest BCUT2D eigenvalue weighted by molar-refractivity contribution is 5.76. The number of amides is 1. The number of alkyl halides is 3. The van der Waals surface area contributed by atoms with Gasteiger partial charge in [0.2, 0.25) is 11.7 Å². The molecule has 3 rings (SSSR count). The van der Waals surface area contributed by atoms with Crippen molar-refractivity contribution in [3.63, 3.8) is 0 Å². The number of carbonyl (C=O) groups excluding carboxylic acids is 1. The lowest BCUT2D eigenvalue weighted by atomic mass is 10.0. The third-order valence-corrected chi connectivity index (χ3v) is 3.91. The predicted octanol–water partition coefficient (Wildman–Crippen LogP) is 1.79. The van der Waals surface area contributed by atoms with E-state index in [2.05, 4.69) is 21.6 Å². The Kier molecular flexibility index (Phi) is 4.36. The Morgan fingerprint density at radius 2 is 2.12 bits per heavy atom. The molecule has 0 aliphatic carbocycles. The quantitative estimate of drug-likeness (QED) is 0.834. The van der Waals surface area contributed by atoms with Crippen LogP contribution < -0.4 is 5.56 Å². The van der Waals surface area contributed by atoms with Gasteiger partial charge in [0.1, 0.15) is 0 Å². The van der Waals surface area contributed by atoms with E-state index >= 15 is 0 Å². The summed E-state index contributed by atoms with van der Waals surface area (Å²) in [6.45, 7) is 3.70. The van der Waals surface area contributed by atoms with Crippen LogP contribution in [-0.2, 0) is 17.5 Å². The molecule has 1 aliphatic rings. The van der Waals surface area contributed by atoms with Gasteiger partial charge >= 0.3 is 12.1 Å². The standard InChI is InChI=1S/C15H15F3N4O3/c1-9-7-22(8-9)11(23)3-5-21-4-2-10(6-12(21)24)13-19-14(25-20-13)15(16,17)18/h2,4,6,9H,3,5,7-8H2,1H3. The summed E-state index contributed by atoms with van der Waals surface area (Å²) in [5.41, 5.74) is -0.343. The molecule has 3 heterocycles. The maximum Gasteiger partial charge on any atom is 0.471 e. The van der Waals surface area contributed by atoms with Crippen LogP contribution in [0.3, 0.4) is 0 Å². The maximum absolute atomic E-state index is 12.5. The average molecular weight is 356 g/mol. The number of likely N-dealkylation sites (tertiary alicyclic amines) is 1. The zero-order chi connectivity index (χ0) is 18.2. The van der Waals surface area contributed by atoms with Crippen molar-refractivity contribution in [2.75, 3.05) is 13.1 Å². The molecule has 1 fully saturated rings. The van der Waals surface area contributed by atoms with Gasteiger partial charge < -0.3 is 14.0 Å². The summed E-state index contributed by atoms with van der Waals surface area (Å²) in [5.74, 6) is -1.31. The van der Waals surface area contributed by atoms with Crippen molar-refractivity contribution in [1.82, 2.24) is 19.6 Å². The number of halogens is 3. The van der Waals surface area contributed by atoms with E-state index in [0.29, 0.717) is 5.92 Å². The Morgan fingerprint density at radius 1 is 1.40 bits per heavy atom. The van der Waals surface area contributed by atoms with Crippen LogP contribution in [0.15, 0.2) is 27.6 Å². The Morgan fingerprint density at radius 3 is 2.68 bits per heavy atom. The van der Waals surface area contributed by atoms with Gasteiger partial charge in [-0.2, -0.15) is 18.2 Å². The minimum absolute atomic E-state index is 0.0259. The highest BCUT2D eigenvalue weighted by Crippen LogP contribution is 2.29. The van der Waals surface area contributed by atoms with Gasteiger partial charge in [-0.05, 0) is 12.0 Å². The third-order valence-electron chi connectivity index (χ3n) is 3.91. The fourth-order valence-electron chi connectivity index (χ4n) is 2.56. The van der Waals surface area contributed by atoms with Crippen molar-refractivity contribution < 1.29 is 22.5 Å². The second-order valence-electron chi connectivity index (χ2n) is 6.02. The lowest BCUT2D eigenvalue weighted by Gasteiger charge is -2.37. The summed E-state index contributed by atoms with van der Waals surface area (Å²) < 4.78 is 42.8. The summed E-state index contributed by atoms with van der Waals surface area (Å²) in [5, 5.41) is 3.23. The van der Waals surface area contributed by atoms with Crippen LogP contribution >= 0.6 is 0 Å². The van der Waals surface area contributed by atoms with Gasteiger partial charge in [0.05, 0.1) is 0 Å². The number of aromatic nitrogens is 3. The van der Waals surface area contributed by atoms with Gasteiger partial charge in [-0.25, -0.2) is 0 Å². The first-order valence-electron chi connectivity index (χ1n) is 7.63. The fourth-order valence-corrected chi connectivity index (χ4v) is 2.56. The molecule has 134 valence electrons. The van der Waals surface area contributed by atoms with Gasteiger partial charge in [-0.15, -0.1) is 0 Å². The molecule has 0 N–H and O–H groups in total. The van der Waals surface area contributed by atoms with E-state index in [1.165, 1.54) is 16.8 Å². The lowest BCUT2D eigenvalue weighted by molar-refractivity contribution is -0.159. The van der Waals surface area contributed by atoms with Crippen molar-refractivity contribution in [3.8, 4) is 11.4 Å². The second kappa shape index (κ2) is 6.34. The Bertz CT molecular complexity index is 837. The van der Waals surface area contributed by atoms with Crippen LogP contribution in [0.5, 0.6) is 0 Å². The van der Waals surface area contributed by atoms with Crippen LogP contribution in [0.4, 0.5) is 13.2 Å². The molecular weight excluding hydrogens is 341 g/mol. The summed E-state index contributed by atoms with van der Waals surface area (Å²) in [4.78, 5) is 28.9. The maximum atomic E-state index is 12.5. The van der Waals surface area contributed by atoms with Crippen LogP contribution in [0.1, 0.15) is 19.2 Å². The van der Waals surface area contributed by atoms with E-state index in [0.717, 1.165) is 19.2 Å². The smallest absolute Gasteiger partial charge is 0.342 e. The lowest BCUT2D eigenvalue weighted by Crippen LogP contribution is -2.48. The topological polar surface area (TPSA) is 81.2 Å². The molecule has 1 aliphatic heterocycles. The normalized spacial score (nSPS) is 15.3. The summed E-state index contributed by atoms with van der Waals surface area (Å²) in [6, 6.07) is 2.52. The molecule has 2 aromatic rings. The molecule has 25 heavy (non-hydrogen) atoms. The van der Waals surface area contributed by atoms with Crippen LogP contribution in [0.25, 0.3) is 11.4 Å². The average Bonchev–Trinajstić information content (AvgIpc) is 3.00. The fraction of sp³-hybridized carbons (Fsp3) is 0.467. The number of rotatable bonds is 4. The molecule has 0 bridgehead atoms. The second-order valence-corrected chi connectivity index (χ2v) is 6.02. The molecule has 1 saturated heterocycles. The first kappa shape index (κ1) is 17.2. The van der Waals surface area contributed by atoms with E-state index in [9.17, 15) is 22.8 Å².